The normalized spacial score (nSPS) is 20.9. The summed E-state index contributed by atoms with van der Waals surface area (Å²) in [6.45, 7) is 11.0. The van der Waals surface area contributed by atoms with Crippen LogP contribution in [0.5, 0.6) is 0 Å². The molecular weight excluding hydrogens is 318 g/mol. The first-order valence-electron chi connectivity index (χ1n) is 9.75. The summed E-state index contributed by atoms with van der Waals surface area (Å²) in [6.07, 6.45) is 0. The maximum Gasteiger partial charge on any atom is 0.284 e. The van der Waals surface area contributed by atoms with E-state index in [9.17, 15) is 10.1 Å². The molecule has 0 unspecified atom stereocenters. The molecule has 8 heteroatoms. The Labute approximate surface area is 137 Å². The summed E-state index contributed by atoms with van der Waals surface area (Å²) in [6, 6.07) is 0. The SMILES string of the molecule is [2H]C([2H])([2H])[Si](C)(C([2H])([2H])[2H])C([Si](C)(C)C)([Si](C)(C)C)[Si](C)(C)O[N+](=O)[O-]. The molecule has 0 amide bonds. The molecule has 0 saturated carbocycles. The van der Waals surface area contributed by atoms with Crippen LogP contribution in [0.2, 0.25) is 75.8 Å². The first-order chi connectivity index (χ1) is 10.9. The molecule has 0 aromatic rings. The van der Waals surface area contributed by atoms with Crippen molar-refractivity contribution in [3.63, 3.8) is 0 Å². The van der Waals surface area contributed by atoms with Gasteiger partial charge in [0.2, 0.25) is 8.32 Å². The monoisotopic (exact) mass is 357 g/mol. The van der Waals surface area contributed by atoms with E-state index < -0.39 is 54.5 Å². The van der Waals surface area contributed by atoms with Crippen molar-refractivity contribution in [2.45, 2.75) is 75.8 Å². The predicted molar refractivity (Wildman–Crippen MR) is 98.3 cm³/mol. The molecule has 0 bridgehead atoms. The molecule has 120 valence electrons. The molecule has 0 radical (unpaired) electrons. The molecule has 0 aliphatic carbocycles. The zero-order chi connectivity index (χ0) is 21.8. The average Bonchev–Trinajstić information content (AvgIpc) is 2.18. The van der Waals surface area contributed by atoms with E-state index in [1.54, 1.807) is 13.1 Å². The Hall–Kier alpha value is 0.0675. The van der Waals surface area contributed by atoms with Crippen LogP contribution < -0.4 is 0 Å². The Kier molecular flexibility index (Phi) is 3.11. The van der Waals surface area contributed by atoms with Crippen LogP contribution >= 0.6 is 0 Å². The van der Waals surface area contributed by atoms with Gasteiger partial charge in [-0.3, -0.25) is 0 Å². The highest BCUT2D eigenvalue weighted by molar-refractivity contribution is 7.28. The third kappa shape index (κ3) is 3.12. The van der Waals surface area contributed by atoms with Gasteiger partial charge in [0.1, 0.15) is 0 Å². The summed E-state index contributed by atoms with van der Waals surface area (Å²) in [5.74, 6) is 0. The zero-order valence-electron chi connectivity index (χ0n) is 20.2. The quantitative estimate of drug-likeness (QED) is 0.391. The van der Waals surface area contributed by atoms with Crippen LogP contribution in [0, 0.1) is 10.1 Å². The third-order valence-corrected chi connectivity index (χ3v) is 36.0. The largest absolute Gasteiger partial charge is 0.367 e. The lowest BCUT2D eigenvalue weighted by Gasteiger charge is -2.64. The molecule has 0 fully saturated rings. The van der Waals surface area contributed by atoms with Crippen molar-refractivity contribution in [3.8, 4) is 0 Å². The lowest BCUT2D eigenvalue weighted by atomic mass is 11.6. The molecule has 0 aromatic carbocycles. The summed E-state index contributed by atoms with van der Waals surface area (Å²) in [5, 5.41) is 10.5. The van der Waals surface area contributed by atoms with E-state index in [1.807, 2.05) is 39.3 Å². The van der Waals surface area contributed by atoms with Crippen molar-refractivity contribution < 1.29 is 17.8 Å². The lowest BCUT2D eigenvalue weighted by molar-refractivity contribution is -0.721. The molecule has 0 spiro atoms. The van der Waals surface area contributed by atoms with E-state index in [0.29, 0.717) is 0 Å². The molecule has 0 heterocycles. The van der Waals surface area contributed by atoms with Gasteiger partial charge in [-0.2, -0.15) is 0 Å². The van der Waals surface area contributed by atoms with Crippen LogP contribution in [0.1, 0.15) is 8.22 Å². The highest BCUT2D eigenvalue weighted by Gasteiger charge is 2.69. The van der Waals surface area contributed by atoms with Gasteiger partial charge < -0.3 is 4.53 Å². The van der Waals surface area contributed by atoms with E-state index in [0.717, 1.165) is 0 Å². The smallest absolute Gasteiger partial charge is 0.284 e. The maximum absolute atomic E-state index is 11.3. The summed E-state index contributed by atoms with van der Waals surface area (Å²) in [5.41, 5.74) is 0. The lowest BCUT2D eigenvalue weighted by Crippen LogP contribution is -2.76. The van der Waals surface area contributed by atoms with Crippen molar-refractivity contribution >= 4 is 32.5 Å². The van der Waals surface area contributed by atoms with Gasteiger partial charge in [-0.1, -0.05) is 58.8 Å². The molecule has 0 aliphatic heterocycles. The fraction of sp³-hybridized carbons (Fsp3) is 1.00. The van der Waals surface area contributed by atoms with Crippen molar-refractivity contribution in [2.24, 2.45) is 0 Å². The second-order valence-electron chi connectivity index (χ2n) is 8.20. The summed E-state index contributed by atoms with van der Waals surface area (Å²) < 4.78 is 53.9. The Morgan fingerprint density at radius 1 is 0.900 bits per heavy atom. The first kappa shape index (κ1) is 11.6. The minimum absolute atomic E-state index is 0.852. The zero-order valence-corrected chi connectivity index (χ0v) is 18.2. The van der Waals surface area contributed by atoms with E-state index >= 15 is 0 Å². The molecular formula is C12H33NO3Si4. The van der Waals surface area contributed by atoms with Crippen molar-refractivity contribution in [3.05, 3.63) is 10.1 Å². The molecule has 0 aliphatic rings. The molecule has 0 N–H and O–H groups in total. The Balaban J connectivity index is 7.67. The standard InChI is InChI=1S/C12H33NO3Si4/c1-17(2,3)12(18(4,5)6,19(7,8)9)20(10,11)16-13(14)15/h1-11H3/i1D3,2D3. The van der Waals surface area contributed by atoms with Crippen molar-refractivity contribution in [1.29, 1.82) is 0 Å². The van der Waals surface area contributed by atoms with Crippen LogP contribution in [0.4, 0.5) is 0 Å². The van der Waals surface area contributed by atoms with Crippen LogP contribution in [0.15, 0.2) is 0 Å². The van der Waals surface area contributed by atoms with Crippen LogP contribution in [0.3, 0.4) is 0 Å². The summed E-state index contributed by atoms with van der Waals surface area (Å²) in [4.78, 5) is 11.3. The van der Waals surface area contributed by atoms with Crippen LogP contribution in [-0.2, 0) is 4.53 Å². The topological polar surface area (TPSA) is 52.4 Å². The van der Waals surface area contributed by atoms with Crippen molar-refractivity contribution in [1.82, 2.24) is 0 Å². The van der Waals surface area contributed by atoms with Gasteiger partial charge in [0.15, 0.2) is 0 Å². The number of hydrogen-bond donors (Lipinski definition) is 0. The van der Waals surface area contributed by atoms with Gasteiger partial charge in [0, 0.05) is 32.4 Å². The molecule has 0 aromatic heterocycles. The maximum atomic E-state index is 11.3. The third-order valence-electron chi connectivity index (χ3n) is 4.21. The predicted octanol–water partition coefficient (Wildman–Crippen LogP) is 4.77. The Bertz CT molecular complexity index is 523. The minimum atomic E-state index is -4.15. The minimum Gasteiger partial charge on any atom is -0.367 e. The number of nitrogens with zero attached hydrogens (tertiary/aromatic N) is 1. The molecule has 20 heavy (non-hydrogen) atoms. The van der Waals surface area contributed by atoms with Gasteiger partial charge in [0.25, 0.3) is 5.09 Å². The van der Waals surface area contributed by atoms with Gasteiger partial charge in [-0.25, -0.2) is 0 Å². The van der Waals surface area contributed by atoms with Crippen molar-refractivity contribution in [2.75, 3.05) is 0 Å². The molecule has 4 nitrogen and oxygen atoms in total. The first-order valence-corrected chi connectivity index (χ1v) is 19.2. The number of rotatable bonds is 6. The van der Waals surface area contributed by atoms with Crippen LogP contribution in [0.25, 0.3) is 0 Å². The van der Waals surface area contributed by atoms with E-state index in [-0.39, 0.29) is 0 Å². The second-order valence-corrected chi connectivity index (χ2v) is 28.7. The van der Waals surface area contributed by atoms with Crippen LogP contribution in [-0.4, -0.2) is 37.6 Å². The van der Waals surface area contributed by atoms with Gasteiger partial charge in [-0.05, 0) is 17.0 Å². The molecule has 0 atom stereocenters. The summed E-state index contributed by atoms with van der Waals surface area (Å²) in [7, 11) is -12.7. The Morgan fingerprint density at radius 2 is 1.25 bits per heavy atom. The van der Waals surface area contributed by atoms with Gasteiger partial charge in [-0.15, -0.1) is 10.1 Å². The fourth-order valence-corrected chi connectivity index (χ4v) is 46.5. The second kappa shape index (κ2) is 5.36. The van der Waals surface area contributed by atoms with E-state index in [2.05, 4.69) is 0 Å². The molecule has 0 rings (SSSR count). The fourth-order valence-electron chi connectivity index (χ4n) is 5.29. The van der Waals surface area contributed by atoms with E-state index in [1.165, 1.54) is 6.55 Å². The highest BCUT2D eigenvalue weighted by atomic mass is 28.5. The highest BCUT2D eigenvalue weighted by Crippen LogP contribution is 2.59. The average molecular weight is 358 g/mol. The van der Waals surface area contributed by atoms with Gasteiger partial charge in [0.05, 0.1) is 0 Å². The molecule has 0 saturated heterocycles. The number of hydrogen-bond acceptors (Lipinski definition) is 3. The summed E-state index contributed by atoms with van der Waals surface area (Å²) >= 11 is 0. The van der Waals surface area contributed by atoms with E-state index in [4.69, 9.17) is 12.8 Å². The Morgan fingerprint density at radius 3 is 1.45 bits per heavy atom. The van der Waals surface area contributed by atoms with Gasteiger partial charge >= 0.3 is 0 Å².